The van der Waals surface area contributed by atoms with Crippen LogP contribution in [0.3, 0.4) is 0 Å². The van der Waals surface area contributed by atoms with Crippen LogP contribution in [0.4, 0.5) is 0 Å². The first kappa shape index (κ1) is 15.9. The van der Waals surface area contributed by atoms with Crippen LogP contribution in [0, 0.1) is 0 Å². The third-order valence-electron chi connectivity index (χ3n) is 3.46. The topological polar surface area (TPSA) is 55.8 Å². The smallest absolute Gasteiger partial charge is 0.336 e. The zero-order chi connectivity index (χ0) is 13.6. The Morgan fingerprint density at radius 2 is 2.00 bits per heavy atom. The minimum atomic E-state index is -3.24. The highest BCUT2D eigenvalue weighted by Crippen LogP contribution is 2.60. The Labute approximate surface area is 110 Å². The van der Waals surface area contributed by atoms with Gasteiger partial charge in [-0.25, -0.2) is 0 Å². The highest BCUT2D eigenvalue weighted by Gasteiger charge is 2.50. The van der Waals surface area contributed by atoms with E-state index in [1.54, 1.807) is 19.9 Å². The van der Waals surface area contributed by atoms with E-state index in [1.807, 2.05) is 0 Å². The molecule has 0 amide bonds. The molecule has 1 saturated carbocycles. The third-order valence-corrected chi connectivity index (χ3v) is 6.19. The van der Waals surface area contributed by atoms with Gasteiger partial charge >= 0.3 is 7.60 Å². The molecule has 0 bridgehead atoms. The second kappa shape index (κ2) is 6.85. The molecule has 0 aromatic heterocycles. The molecule has 0 aromatic carbocycles. The third kappa shape index (κ3) is 3.45. The summed E-state index contributed by atoms with van der Waals surface area (Å²) >= 11 is 0. The first-order valence-electron chi connectivity index (χ1n) is 6.74. The molecule has 1 aliphatic rings. The maximum absolute atomic E-state index is 12.8. The summed E-state index contributed by atoms with van der Waals surface area (Å²) in [6.45, 7) is 7.93. The Morgan fingerprint density at radius 1 is 1.39 bits per heavy atom. The molecule has 1 N–H and O–H groups in total. The summed E-state index contributed by atoms with van der Waals surface area (Å²) in [5.41, 5.74) is -1.43. The van der Waals surface area contributed by atoms with Crippen LogP contribution in [0.25, 0.3) is 0 Å². The molecule has 0 radical (unpaired) electrons. The van der Waals surface area contributed by atoms with Gasteiger partial charge in [0.05, 0.1) is 24.5 Å². The zero-order valence-electron chi connectivity index (χ0n) is 11.4. The lowest BCUT2D eigenvalue weighted by Crippen LogP contribution is -2.45. The normalized spacial score (nSPS) is 29.2. The lowest BCUT2D eigenvalue weighted by atomic mass is 9.82. The molecule has 1 rings (SSSR count). The van der Waals surface area contributed by atoms with Crippen LogP contribution < -0.4 is 0 Å². The van der Waals surface area contributed by atoms with Crippen molar-refractivity contribution in [2.24, 2.45) is 0 Å². The predicted octanol–water partition coefficient (Wildman–Crippen LogP) is 3.50. The molecule has 0 saturated heterocycles. The Balaban J connectivity index is 2.98. The summed E-state index contributed by atoms with van der Waals surface area (Å²) in [4.78, 5) is 0. The van der Waals surface area contributed by atoms with Crippen molar-refractivity contribution in [1.82, 2.24) is 0 Å². The summed E-state index contributed by atoms with van der Waals surface area (Å²) in [6.07, 6.45) is 5.32. The molecule has 0 aromatic rings. The fourth-order valence-corrected chi connectivity index (χ4v) is 5.20. The zero-order valence-corrected chi connectivity index (χ0v) is 12.3. The van der Waals surface area contributed by atoms with Gasteiger partial charge in [-0.1, -0.05) is 18.9 Å². The predicted molar refractivity (Wildman–Crippen MR) is 72.9 cm³/mol. The van der Waals surface area contributed by atoms with Crippen molar-refractivity contribution in [1.29, 1.82) is 0 Å². The molecule has 4 nitrogen and oxygen atoms in total. The monoisotopic (exact) mass is 276 g/mol. The van der Waals surface area contributed by atoms with Crippen LogP contribution in [0.2, 0.25) is 0 Å². The lowest BCUT2D eigenvalue weighted by molar-refractivity contribution is 0.000273. The number of hydrogen-bond donors (Lipinski definition) is 1. The van der Waals surface area contributed by atoms with Crippen LogP contribution in [0.5, 0.6) is 0 Å². The molecule has 1 fully saturated rings. The molecule has 0 aliphatic heterocycles. The van der Waals surface area contributed by atoms with Crippen molar-refractivity contribution in [3.05, 3.63) is 12.7 Å². The molecule has 2 unspecified atom stereocenters. The van der Waals surface area contributed by atoms with Crippen LogP contribution >= 0.6 is 7.60 Å². The second-order valence-electron chi connectivity index (χ2n) is 4.73. The molecule has 5 heteroatoms. The van der Waals surface area contributed by atoms with E-state index in [0.717, 1.165) is 12.8 Å². The molecule has 0 heterocycles. The first-order chi connectivity index (χ1) is 8.52. The van der Waals surface area contributed by atoms with Gasteiger partial charge in [0.2, 0.25) is 0 Å². The minimum Gasteiger partial charge on any atom is -0.389 e. The largest absolute Gasteiger partial charge is 0.389 e. The van der Waals surface area contributed by atoms with Crippen molar-refractivity contribution in [2.75, 3.05) is 13.2 Å². The van der Waals surface area contributed by atoms with E-state index in [4.69, 9.17) is 9.05 Å². The lowest BCUT2D eigenvalue weighted by Gasteiger charge is -2.42. The van der Waals surface area contributed by atoms with Gasteiger partial charge in [-0.3, -0.25) is 4.57 Å². The van der Waals surface area contributed by atoms with E-state index in [9.17, 15) is 9.67 Å². The fourth-order valence-electron chi connectivity index (χ4n) is 2.72. The highest BCUT2D eigenvalue weighted by atomic mass is 31.2. The summed E-state index contributed by atoms with van der Waals surface area (Å²) in [5, 5.41) is 10.7. The van der Waals surface area contributed by atoms with Gasteiger partial charge in [0.1, 0.15) is 0 Å². The Kier molecular flexibility index (Phi) is 6.06. The van der Waals surface area contributed by atoms with Gasteiger partial charge in [0.15, 0.2) is 0 Å². The number of aliphatic hydroxyl groups is 1. The molecular weight excluding hydrogens is 251 g/mol. The Bertz CT molecular complexity index is 308. The molecule has 0 spiro atoms. The van der Waals surface area contributed by atoms with Gasteiger partial charge < -0.3 is 14.2 Å². The summed E-state index contributed by atoms with van der Waals surface area (Å²) in [7, 11) is -3.24. The van der Waals surface area contributed by atoms with Gasteiger partial charge in [0, 0.05) is 0 Å². The molecule has 106 valence electrons. The van der Waals surface area contributed by atoms with Crippen molar-refractivity contribution in [3.63, 3.8) is 0 Å². The summed E-state index contributed by atoms with van der Waals surface area (Å²) in [5.74, 6) is 0. The first-order valence-corrected chi connectivity index (χ1v) is 8.35. The van der Waals surface area contributed by atoms with E-state index in [0.29, 0.717) is 32.5 Å². The standard InChI is InChI=1S/C13H25O4P/c1-4-10-13(14)11-8-7-9-12(13)18(15,16-5-2)17-6-3/h4,12,14H,1,5-11H2,2-3H3. The quantitative estimate of drug-likeness (QED) is 0.571. The summed E-state index contributed by atoms with van der Waals surface area (Å²) < 4.78 is 23.6. The molecule has 18 heavy (non-hydrogen) atoms. The van der Waals surface area contributed by atoms with E-state index in [2.05, 4.69) is 6.58 Å². The van der Waals surface area contributed by atoms with Crippen molar-refractivity contribution >= 4 is 7.60 Å². The Morgan fingerprint density at radius 3 is 2.50 bits per heavy atom. The average Bonchev–Trinajstić information content (AvgIpc) is 2.30. The van der Waals surface area contributed by atoms with E-state index < -0.39 is 18.9 Å². The Hall–Kier alpha value is -0.150. The van der Waals surface area contributed by atoms with Gasteiger partial charge in [0.25, 0.3) is 0 Å². The van der Waals surface area contributed by atoms with Crippen molar-refractivity contribution < 1.29 is 18.7 Å². The van der Waals surface area contributed by atoms with Crippen LogP contribution in [0.15, 0.2) is 12.7 Å². The van der Waals surface area contributed by atoms with Crippen LogP contribution in [-0.2, 0) is 13.6 Å². The molecule has 2 atom stereocenters. The second-order valence-corrected chi connectivity index (χ2v) is 6.95. The highest BCUT2D eigenvalue weighted by molar-refractivity contribution is 7.54. The van der Waals surface area contributed by atoms with E-state index >= 15 is 0 Å². The average molecular weight is 276 g/mol. The van der Waals surface area contributed by atoms with Gasteiger partial charge in [-0.05, 0) is 33.1 Å². The number of hydrogen-bond acceptors (Lipinski definition) is 4. The van der Waals surface area contributed by atoms with E-state index in [1.165, 1.54) is 0 Å². The summed E-state index contributed by atoms with van der Waals surface area (Å²) in [6, 6.07) is 0. The minimum absolute atomic E-state index is 0.331. The van der Waals surface area contributed by atoms with Gasteiger partial charge in [-0.15, -0.1) is 6.58 Å². The number of rotatable bonds is 7. The van der Waals surface area contributed by atoms with Crippen LogP contribution in [-0.4, -0.2) is 29.6 Å². The SMILES string of the molecule is C=CCC1(O)CCCCC1P(=O)(OCC)OCC. The molecular formula is C13H25O4P. The van der Waals surface area contributed by atoms with Crippen molar-refractivity contribution in [2.45, 2.75) is 57.2 Å². The maximum Gasteiger partial charge on any atom is 0.336 e. The van der Waals surface area contributed by atoms with Crippen LogP contribution in [0.1, 0.15) is 46.0 Å². The van der Waals surface area contributed by atoms with E-state index in [-0.39, 0.29) is 0 Å². The molecule has 1 aliphatic carbocycles. The fraction of sp³-hybridized carbons (Fsp3) is 0.846. The van der Waals surface area contributed by atoms with Gasteiger partial charge in [-0.2, -0.15) is 0 Å². The van der Waals surface area contributed by atoms with Crippen molar-refractivity contribution in [3.8, 4) is 0 Å². The maximum atomic E-state index is 12.8.